The standard InChI is InChI=1S/C14H20N4S/c1-9(8-12-6-5-7-19-12)16-14-10(2)13(15-4)17-11(3)18-14/h5-7,9H,8H2,1-4H3,(H2,15,16,17,18). The fourth-order valence-corrected chi connectivity index (χ4v) is 2.86. The Bertz CT molecular complexity index is 537. The lowest BCUT2D eigenvalue weighted by molar-refractivity contribution is 0.789. The third-order valence-corrected chi connectivity index (χ3v) is 3.86. The smallest absolute Gasteiger partial charge is 0.134 e. The summed E-state index contributed by atoms with van der Waals surface area (Å²) in [5.41, 5.74) is 1.06. The average Bonchev–Trinajstić information content (AvgIpc) is 2.86. The first-order valence-electron chi connectivity index (χ1n) is 6.42. The van der Waals surface area contributed by atoms with Crippen LogP contribution in [0, 0.1) is 13.8 Å². The highest BCUT2D eigenvalue weighted by Crippen LogP contribution is 2.21. The maximum Gasteiger partial charge on any atom is 0.134 e. The van der Waals surface area contributed by atoms with E-state index in [1.165, 1.54) is 4.88 Å². The summed E-state index contributed by atoms with van der Waals surface area (Å²) in [6, 6.07) is 4.60. The molecule has 2 aromatic rings. The molecule has 0 amide bonds. The molecule has 102 valence electrons. The SMILES string of the molecule is CNc1nc(C)nc(NC(C)Cc2cccs2)c1C. The summed E-state index contributed by atoms with van der Waals surface area (Å²) >= 11 is 1.79. The van der Waals surface area contributed by atoms with Gasteiger partial charge < -0.3 is 10.6 Å². The van der Waals surface area contributed by atoms with E-state index in [0.29, 0.717) is 6.04 Å². The van der Waals surface area contributed by atoms with E-state index < -0.39 is 0 Å². The zero-order chi connectivity index (χ0) is 13.8. The van der Waals surface area contributed by atoms with Crippen molar-refractivity contribution in [3.8, 4) is 0 Å². The molecule has 2 aromatic heterocycles. The van der Waals surface area contributed by atoms with Crippen molar-refractivity contribution >= 4 is 23.0 Å². The van der Waals surface area contributed by atoms with Gasteiger partial charge in [-0.25, -0.2) is 9.97 Å². The summed E-state index contributed by atoms with van der Waals surface area (Å²) in [7, 11) is 1.88. The molecule has 4 nitrogen and oxygen atoms in total. The predicted molar refractivity (Wildman–Crippen MR) is 82.2 cm³/mol. The van der Waals surface area contributed by atoms with Crippen LogP contribution in [0.1, 0.15) is 23.2 Å². The normalized spacial score (nSPS) is 12.2. The van der Waals surface area contributed by atoms with Gasteiger partial charge >= 0.3 is 0 Å². The van der Waals surface area contributed by atoms with E-state index in [1.54, 1.807) is 11.3 Å². The van der Waals surface area contributed by atoms with Gasteiger partial charge in [-0.3, -0.25) is 0 Å². The van der Waals surface area contributed by atoms with E-state index in [9.17, 15) is 0 Å². The van der Waals surface area contributed by atoms with Crippen LogP contribution < -0.4 is 10.6 Å². The molecule has 0 aromatic carbocycles. The topological polar surface area (TPSA) is 49.8 Å². The molecule has 2 heterocycles. The van der Waals surface area contributed by atoms with Gasteiger partial charge in [0, 0.05) is 30.0 Å². The Morgan fingerprint density at radius 1 is 1.26 bits per heavy atom. The maximum absolute atomic E-state index is 4.49. The molecule has 2 N–H and O–H groups in total. The van der Waals surface area contributed by atoms with Crippen LogP contribution in [0.2, 0.25) is 0 Å². The van der Waals surface area contributed by atoms with Crippen LogP contribution in [0.15, 0.2) is 17.5 Å². The van der Waals surface area contributed by atoms with Crippen LogP contribution in [0.5, 0.6) is 0 Å². The maximum atomic E-state index is 4.49. The first kappa shape index (κ1) is 13.8. The Morgan fingerprint density at radius 2 is 2.00 bits per heavy atom. The molecule has 0 spiro atoms. The highest BCUT2D eigenvalue weighted by Gasteiger charge is 2.11. The van der Waals surface area contributed by atoms with E-state index >= 15 is 0 Å². The van der Waals surface area contributed by atoms with Gasteiger partial charge in [-0.2, -0.15) is 0 Å². The molecule has 1 atom stereocenters. The molecule has 0 aliphatic carbocycles. The number of hydrogen-bond acceptors (Lipinski definition) is 5. The van der Waals surface area contributed by atoms with Crippen molar-refractivity contribution in [3.63, 3.8) is 0 Å². The Balaban J connectivity index is 2.12. The molecule has 19 heavy (non-hydrogen) atoms. The Morgan fingerprint density at radius 3 is 2.63 bits per heavy atom. The van der Waals surface area contributed by atoms with Crippen molar-refractivity contribution in [2.75, 3.05) is 17.7 Å². The van der Waals surface area contributed by atoms with Gasteiger partial charge in [-0.05, 0) is 32.2 Å². The van der Waals surface area contributed by atoms with Crippen LogP contribution in [-0.4, -0.2) is 23.1 Å². The molecule has 0 bridgehead atoms. The van der Waals surface area contributed by atoms with Crippen LogP contribution in [0.4, 0.5) is 11.6 Å². The lowest BCUT2D eigenvalue weighted by atomic mass is 10.2. The van der Waals surface area contributed by atoms with Crippen LogP contribution in [-0.2, 0) is 6.42 Å². The highest BCUT2D eigenvalue weighted by molar-refractivity contribution is 7.09. The van der Waals surface area contributed by atoms with Crippen LogP contribution in [0.25, 0.3) is 0 Å². The first-order chi connectivity index (χ1) is 9.10. The van der Waals surface area contributed by atoms with Gasteiger partial charge in [-0.15, -0.1) is 11.3 Å². The molecule has 0 aliphatic heterocycles. The second-order valence-electron chi connectivity index (χ2n) is 4.67. The van der Waals surface area contributed by atoms with Gasteiger partial charge in [0.05, 0.1) is 0 Å². The molecule has 5 heteroatoms. The van der Waals surface area contributed by atoms with Crippen molar-refractivity contribution in [1.82, 2.24) is 9.97 Å². The third-order valence-electron chi connectivity index (χ3n) is 2.97. The van der Waals surface area contributed by atoms with E-state index in [1.807, 2.05) is 20.9 Å². The van der Waals surface area contributed by atoms with E-state index in [0.717, 1.165) is 29.4 Å². The molecule has 0 saturated heterocycles. The predicted octanol–water partition coefficient (Wildman–Crippen LogP) is 3.24. The number of nitrogens with one attached hydrogen (secondary N) is 2. The summed E-state index contributed by atoms with van der Waals surface area (Å²) in [5, 5.41) is 8.70. The average molecular weight is 276 g/mol. The fourth-order valence-electron chi connectivity index (χ4n) is 2.03. The van der Waals surface area contributed by atoms with Gasteiger partial charge in [-0.1, -0.05) is 6.07 Å². The van der Waals surface area contributed by atoms with Crippen LogP contribution >= 0.6 is 11.3 Å². The highest BCUT2D eigenvalue weighted by atomic mass is 32.1. The van der Waals surface area contributed by atoms with E-state index in [2.05, 4.69) is 45.0 Å². The van der Waals surface area contributed by atoms with Gasteiger partial charge in [0.15, 0.2) is 0 Å². The minimum atomic E-state index is 0.344. The Kier molecular flexibility index (Phi) is 4.37. The number of rotatable bonds is 5. The molecule has 0 radical (unpaired) electrons. The van der Waals surface area contributed by atoms with Crippen molar-refractivity contribution in [1.29, 1.82) is 0 Å². The van der Waals surface area contributed by atoms with Gasteiger partial charge in [0.25, 0.3) is 0 Å². The number of nitrogens with zero attached hydrogens (tertiary/aromatic N) is 2. The zero-order valence-electron chi connectivity index (χ0n) is 11.8. The lowest BCUT2D eigenvalue weighted by Gasteiger charge is -2.17. The Hall–Kier alpha value is -1.62. The van der Waals surface area contributed by atoms with E-state index in [4.69, 9.17) is 0 Å². The van der Waals surface area contributed by atoms with Crippen LogP contribution in [0.3, 0.4) is 0 Å². The van der Waals surface area contributed by atoms with Crippen molar-refractivity contribution in [2.24, 2.45) is 0 Å². The zero-order valence-corrected chi connectivity index (χ0v) is 12.6. The number of thiophene rings is 1. The molecule has 0 saturated carbocycles. The fraction of sp³-hybridized carbons (Fsp3) is 0.429. The summed E-state index contributed by atoms with van der Waals surface area (Å²) in [5.74, 6) is 2.58. The quantitative estimate of drug-likeness (QED) is 0.880. The Labute approximate surface area is 118 Å². The lowest BCUT2D eigenvalue weighted by Crippen LogP contribution is -2.20. The molecule has 1 unspecified atom stereocenters. The number of hydrogen-bond donors (Lipinski definition) is 2. The van der Waals surface area contributed by atoms with Gasteiger partial charge in [0.1, 0.15) is 17.5 Å². The number of anilines is 2. The van der Waals surface area contributed by atoms with Crippen molar-refractivity contribution < 1.29 is 0 Å². The first-order valence-corrected chi connectivity index (χ1v) is 7.30. The monoisotopic (exact) mass is 276 g/mol. The number of aromatic nitrogens is 2. The third kappa shape index (κ3) is 3.44. The summed E-state index contributed by atoms with van der Waals surface area (Å²) in [4.78, 5) is 10.3. The summed E-state index contributed by atoms with van der Waals surface area (Å²) in [6.07, 6.45) is 1.01. The molecular weight excluding hydrogens is 256 g/mol. The second-order valence-corrected chi connectivity index (χ2v) is 5.70. The summed E-state index contributed by atoms with van der Waals surface area (Å²) < 4.78 is 0. The largest absolute Gasteiger partial charge is 0.373 e. The minimum absolute atomic E-state index is 0.344. The molecule has 0 fully saturated rings. The van der Waals surface area contributed by atoms with E-state index in [-0.39, 0.29) is 0 Å². The van der Waals surface area contributed by atoms with Crippen molar-refractivity contribution in [2.45, 2.75) is 33.2 Å². The number of aryl methyl sites for hydroxylation is 1. The molecule has 0 aliphatic rings. The van der Waals surface area contributed by atoms with Gasteiger partial charge in [0.2, 0.25) is 0 Å². The minimum Gasteiger partial charge on any atom is -0.373 e. The van der Waals surface area contributed by atoms with Crippen molar-refractivity contribution in [3.05, 3.63) is 33.8 Å². The second kappa shape index (κ2) is 6.02. The molecule has 2 rings (SSSR count). The summed E-state index contributed by atoms with van der Waals surface area (Å²) in [6.45, 7) is 6.12. The molecular formula is C14H20N4S.